The lowest BCUT2D eigenvalue weighted by atomic mass is 9.76. The van der Waals surface area contributed by atoms with Crippen molar-refractivity contribution >= 4 is 23.2 Å². The highest BCUT2D eigenvalue weighted by Crippen LogP contribution is 2.39. The Hall–Kier alpha value is -3.15. The first-order valence-electron chi connectivity index (χ1n) is 12.7. The quantitative estimate of drug-likeness (QED) is 0.704. The van der Waals surface area contributed by atoms with Crippen molar-refractivity contribution in [2.75, 3.05) is 37.6 Å². The predicted molar refractivity (Wildman–Crippen MR) is 132 cm³/mol. The third kappa shape index (κ3) is 3.99. The Morgan fingerprint density at radius 2 is 1.88 bits per heavy atom. The van der Waals surface area contributed by atoms with Gasteiger partial charge in [-0.3, -0.25) is 9.59 Å². The van der Waals surface area contributed by atoms with Crippen LogP contribution in [0.2, 0.25) is 0 Å². The van der Waals surface area contributed by atoms with Crippen molar-refractivity contribution in [3.05, 3.63) is 65.9 Å². The van der Waals surface area contributed by atoms with Crippen molar-refractivity contribution in [2.24, 2.45) is 11.8 Å². The highest BCUT2D eigenvalue weighted by Gasteiger charge is 2.44. The molecule has 0 saturated carbocycles. The van der Waals surface area contributed by atoms with E-state index in [1.54, 1.807) is 6.20 Å². The summed E-state index contributed by atoms with van der Waals surface area (Å²) >= 11 is 0. The van der Waals surface area contributed by atoms with Crippen LogP contribution in [0, 0.1) is 11.8 Å². The summed E-state index contributed by atoms with van der Waals surface area (Å²) in [5, 5.41) is 0. The van der Waals surface area contributed by atoms with E-state index in [4.69, 9.17) is 4.98 Å². The largest absolute Gasteiger partial charge is 0.356 e. The van der Waals surface area contributed by atoms with Crippen molar-refractivity contribution in [1.29, 1.82) is 0 Å². The molecule has 0 aliphatic carbocycles. The molecule has 34 heavy (non-hydrogen) atoms. The van der Waals surface area contributed by atoms with E-state index in [0.29, 0.717) is 35.9 Å². The lowest BCUT2D eigenvalue weighted by Gasteiger charge is -2.52. The maximum atomic E-state index is 13.1. The summed E-state index contributed by atoms with van der Waals surface area (Å²) in [6.45, 7) is 4.14. The fraction of sp³-hybridized carbons (Fsp3) is 0.464. The molecule has 6 nitrogen and oxygen atoms in total. The smallest absolute Gasteiger partial charge is 0.255 e. The summed E-state index contributed by atoms with van der Waals surface area (Å²) < 4.78 is 0. The molecule has 2 bridgehead atoms. The van der Waals surface area contributed by atoms with E-state index < -0.39 is 0 Å². The minimum Gasteiger partial charge on any atom is -0.356 e. The van der Waals surface area contributed by atoms with Gasteiger partial charge in [-0.15, -0.1) is 0 Å². The lowest BCUT2D eigenvalue weighted by molar-refractivity contribution is -0.142. The monoisotopic (exact) mass is 456 g/mol. The summed E-state index contributed by atoms with van der Waals surface area (Å²) in [7, 11) is 0. The highest BCUT2D eigenvalue weighted by molar-refractivity contribution is 5.94. The molecule has 4 aliphatic heterocycles. The Morgan fingerprint density at radius 3 is 2.65 bits per heavy atom. The second kappa shape index (κ2) is 8.90. The van der Waals surface area contributed by atoms with Crippen molar-refractivity contribution < 1.29 is 9.59 Å². The maximum Gasteiger partial charge on any atom is 0.255 e. The van der Waals surface area contributed by atoms with Crippen LogP contribution in [0.1, 0.15) is 48.0 Å². The van der Waals surface area contributed by atoms with E-state index in [9.17, 15) is 9.59 Å². The van der Waals surface area contributed by atoms with E-state index in [2.05, 4.69) is 40.1 Å². The molecule has 176 valence electrons. The van der Waals surface area contributed by atoms with Crippen molar-refractivity contribution in [3.8, 4) is 0 Å². The zero-order chi connectivity index (χ0) is 23.1. The number of carbonyl (C=O) groups is 2. The van der Waals surface area contributed by atoms with Crippen LogP contribution in [0.25, 0.3) is 5.57 Å². The molecule has 3 saturated heterocycles. The molecular weight excluding hydrogens is 424 g/mol. The Balaban J connectivity index is 1.11. The molecule has 4 aliphatic rings. The van der Waals surface area contributed by atoms with Crippen LogP contribution >= 0.6 is 0 Å². The number of piperidine rings is 3. The lowest BCUT2D eigenvalue weighted by Crippen LogP contribution is -2.60. The van der Waals surface area contributed by atoms with Gasteiger partial charge in [-0.05, 0) is 60.8 Å². The Kier molecular flexibility index (Phi) is 5.60. The van der Waals surface area contributed by atoms with Crippen LogP contribution in [-0.2, 0) is 4.79 Å². The van der Waals surface area contributed by atoms with Gasteiger partial charge in [-0.2, -0.15) is 0 Å². The second-order valence-electron chi connectivity index (χ2n) is 10.3. The fourth-order valence-electron chi connectivity index (χ4n) is 6.45. The summed E-state index contributed by atoms with van der Waals surface area (Å²) in [5.41, 5.74) is 3.21. The van der Waals surface area contributed by atoms with Gasteiger partial charge in [0, 0.05) is 51.4 Å². The Morgan fingerprint density at radius 1 is 1.00 bits per heavy atom. The maximum absolute atomic E-state index is 13.1. The number of aromatic nitrogens is 1. The SMILES string of the molecule is O=C(c1ccc(N2CC3CC(C2)[C@H]2CCCC(=O)N2C3)nc1)N1CC=C(c2ccccc2)CC1. The first-order valence-corrected chi connectivity index (χ1v) is 12.7. The van der Waals surface area contributed by atoms with E-state index in [0.717, 1.165) is 57.7 Å². The van der Waals surface area contributed by atoms with E-state index in [1.807, 2.05) is 23.1 Å². The number of benzene rings is 1. The standard InChI is InChI=1S/C28H32N4O2/c33-27-8-4-7-25-24-15-20(18-32(25)27)17-31(19-24)26-10-9-23(16-29-26)28(34)30-13-11-22(12-14-30)21-5-2-1-3-6-21/h1-3,5-6,9-11,16,20,24-25H,4,7-8,12-15,17-19H2/t20?,24?,25-/m1/s1. The molecule has 1 aromatic carbocycles. The second-order valence-corrected chi connectivity index (χ2v) is 10.3. The first-order chi connectivity index (χ1) is 16.7. The molecule has 0 spiro atoms. The van der Waals surface area contributed by atoms with Gasteiger partial charge in [0.05, 0.1) is 5.56 Å². The average molecular weight is 457 g/mol. The van der Waals surface area contributed by atoms with Crippen LogP contribution in [-0.4, -0.2) is 65.4 Å². The van der Waals surface area contributed by atoms with Crippen molar-refractivity contribution in [1.82, 2.24) is 14.8 Å². The van der Waals surface area contributed by atoms with Crippen LogP contribution in [0.4, 0.5) is 5.82 Å². The van der Waals surface area contributed by atoms with E-state index in [1.165, 1.54) is 17.6 Å². The molecule has 3 atom stereocenters. The van der Waals surface area contributed by atoms with Crippen molar-refractivity contribution in [3.63, 3.8) is 0 Å². The fourth-order valence-corrected chi connectivity index (χ4v) is 6.45. The number of hydrogen-bond acceptors (Lipinski definition) is 4. The minimum atomic E-state index is 0.0503. The number of carbonyl (C=O) groups excluding carboxylic acids is 2. The third-order valence-electron chi connectivity index (χ3n) is 8.14. The summed E-state index contributed by atoms with van der Waals surface area (Å²) in [5.74, 6) is 2.39. The van der Waals surface area contributed by atoms with Gasteiger partial charge in [-0.25, -0.2) is 4.98 Å². The average Bonchev–Trinajstić information content (AvgIpc) is 2.89. The Bertz CT molecular complexity index is 1100. The topological polar surface area (TPSA) is 56.8 Å². The third-order valence-corrected chi connectivity index (χ3v) is 8.14. The normalized spacial score (nSPS) is 26.7. The van der Waals surface area contributed by atoms with Crippen molar-refractivity contribution in [2.45, 2.75) is 38.1 Å². The predicted octanol–water partition coefficient (Wildman–Crippen LogP) is 3.85. The number of pyridine rings is 1. The molecule has 2 unspecified atom stereocenters. The van der Waals surface area contributed by atoms with Gasteiger partial charge in [0.15, 0.2) is 0 Å². The van der Waals surface area contributed by atoms with Crippen LogP contribution in [0.3, 0.4) is 0 Å². The van der Waals surface area contributed by atoms with Gasteiger partial charge in [0.1, 0.15) is 5.82 Å². The van der Waals surface area contributed by atoms with E-state index in [-0.39, 0.29) is 5.91 Å². The van der Waals surface area contributed by atoms with Crippen LogP contribution in [0.5, 0.6) is 0 Å². The number of rotatable bonds is 3. The zero-order valence-electron chi connectivity index (χ0n) is 19.6. The number of fused-ring (bicyclic) bond motifs is 4. The molecular formula is C28H32N4O2. The minimum absolute atomic E-state index is 0.0503. The molecule has 6 rings (SSSR count). The van der Waals surface area contributed by atoms with Gasteiger partial charge >= 0.3 is 0 Å². The number of hydrogen-bond donors (Lipinski definition) is 0. The molecule has 1 aromatic heterocycles. The molecule has 5 heterocycles. The number of nitrogens with zero attached hydrogens (tertiary/aromatic N) is 4. The molecule has 0 radical (unpaired) electrons. The number of anilines is 1. The highest BCUT2D eigenvalue weighted by atomic mass is 16.2. The molecule has 2 aromatic rings. The number of amides is 2. The summed E-state index contributed by atoms with van der Waals surface area (Å²) in [4.78, 5) is 36.6. The summed E-state index contributed by atoms with van der Waals surface area (Å²) in [6, 6.07) is 14.7. The van der Waals surface area contributed by atoms with Gasteiger partial charge in [0.2, 0.25) is 5.91 Å². The Labute approximate surface area is 201 Å². The van der Waals surface area contributed by atoms with Gasteiger partial charge < -0.3 is 14.7 Å². The molecule has 6 heteroatoms. The van der Waals surface area contributed by atoms with Crippen LogP contribution < -0.4 is 4.90 Å². The summed E-state index contributed by atoms with van der Waals surface area (Å²) in [6.07, 6.45) is 8.88. The first kappa shape index (κ1) is 21.4. The van der Waals surface area contributed by atoms with Gasteiger partial charge in [-0.1, -0.05) is 36.4 Å². The van der Waals surface area contributed by atoms with E-state index >= 15 is 0 Å². The molecule has 0 N–H and O–H groups in total. The zero-order valence-corrected chi connectivity index (χ0v) is 19.6. The molecule has 3 fully saturated rings. The van der Waals surface area contributed by atoms with Crippen LogP contribution in [0.15, 0.2) is 54.7 Å². The van der Waals surface area contributed by atoms with Gasteiger partial charge in [0.25, 0.3) is 5.91 Å². The molecule has 2 amide bonds.